The molecule has 1 aromatic carbocycles. The minimum atomic E-state index is -1.43. The van der Waals surface area contributed by atoms with Crippen molar-refractivity contribution in [3.8, 4) is 0 Å². The molecule has 73 heavy (non-hydrogen) atoms. The minimum Gasteiger partial charge on any atom is -0.387 e. The number of aliphatic hydroxyl groups is 1. The van der Waals surface area contributed by atoms with E-state index in [4.69, 9.17) is 5.73 Å². The molecular weight excluding hydrogens is 985 g/mol. The van der Waals surface area contributed by atoms with Crippen LogP contribution in [0.5, 0.6) is 0 Å². The number of nitrogens with zero attached hydrogens (tertiary/aromatic N) is 3. The average molecular weight is 1060 g/mol. The molecule has 1 aromatic heterocycles. The summed E-state index contributed by atoms with van der Waals surface area (Å²) in [5.41, 5.74) is 7.14. The number of benzene rings is 1. The Morgan fingerprint density at radius 1 is 0.740 bits per heavy atom. The Morgan fingerprint density at radius 3 is 2.08 bits per heavy atom. The van der Waals surface area contributed by atoms with Crippen LogP contribution in [0.3, 0.4) is 0 Å². The van der Waals surface area contributed by atoms with E-state index in [0.717, 1.165) is 10.9 Å². The Kier molecular flexibility index (Phi) is 22.6. The van der Waals surface area contributed by atoms with Crippen LogP contribution >= 0.6 is 25.3 Å². The number of fused-ring (bicyclic) bond motifs is 1. The maximum Gasteiger partial charge on any atom is 0.248 e. The van der Waals surface area contributed by atoms with Crippen LogP contribution < -0.4 is 43.0 Å². The highest BCUT2D eigenvalue weighted by atomic mass is 32.1. The maximum atomic E-state index is 14.4. The van der Waals surface area contributed by atoms with Gasteiger partial charge in [-0.25, -0.2) is 0 Å². The van der Waals surface area contributed by atoms with Crippen LogP contribution in [-0.2, 0) is 54.4 Å². The SMILES string of the molecule is CN(C)CCCC[C@@H]1NC(=O)[C@H](CS)NC(=O)CC[C@@H](C(=O)N2CCC[C@H]2C(N)=O)NC(=O)[C@@H](NC(=O)[C@@H]2CCCN2C(=O)CO)CCCCNC(=O)[C@H](CS)NC(=O)[C@H](Cc2c[nH]c3ccccc23)NC1=O. The Bertz CT molecular complexity index is 2300. The molecule has 25 heteroatoms. The number of primary amides is 1. The van der Waals surface area contributed by atoms with Crippen LogP contribution in [0.15, 0.2) is 30.5 Å². The van der Waals surface area contributed by atoms with Crippen LogP contribution in [0, 0.1) is 0 Å². The number of para-hydroxylation sites is 1. The molecule has 4 heterocycles. The van der Waals surface area contributed by atoms with Gasteiger partial charge < -0.3 is 67.7 Å². The van der Waals surface area contributed by atoms with E-state index in [2.05, 4.69) is 67.5 Å². The van der Waals surface area contributed by atoms with Crippen molar-refractivity contribution in [3.63, 3.8) is 0 Å². The molecule has 3 saturated heterocycles. The summed E-state index contributed by atoms with van der Waals surface area (Å²) in [5, 5.41) is 29.4. The lowest BCUT2D eigenvalue weighted by Crippen LogP contribution is -2.59. The number of likely N-dealkylation sites (tertiary alicyclic amines) is 2. The van der Waals surface area contributed by atoms with Gasteiger partial charge in [-0.1, -0.05) is 18.2 Å². The number of nitrogens with one attached hydrogen (secondary N) is 8. The summed E-state index contributed by atoms with van der Waals surface area (Å²) in [5.74, 6) is -7.41. The molecular formula is C48H72N12O11S2. The van der Waals surface area contributed by atoms with Gasteiger partial charge in [0, 0.05) is 61.1 Å². The quantitative estimate of drug-likeness (QED) is 0.0706. The summed E-state index contributed by atoms with van der Waals surface area (Å²) in [4.78, 5) is 145. The van der Waals surface area contributed by atoms with E-state index in [9.17, 15) is 53.1 Å². The van der Waals surface area contributed by atoms with Gasteiger partial charge in [-0.2, -0.15) is 25.3 Å². The lowest BCUT2D eigenvalue weighted by molar-refractivity contribution is -0.142. The number of hydrogen-bond acceptors (Lipinski definition) is 14. The third-order valence-corrected chi connectivity index (χ3v) is 14.1. The molecule has 11 N–H and O–H groups in total. The highest BCUT2D eigenvalue weighted by Crippen LogP contribution is 2.22. The van der Waals surface area contributed by atoms with E-state index in [1.165, 1.54) is 9.80 Å². The van der Waals surface area contributed by atoms with Crippen molar-refractivity contribution in [2.75, 3.05) is 58.4 Å². The topological polar surface area (TPSA) is 327 Å². The molecule has 0 unspecified atom stereocenters. The molecule has 8 atom stereocenters. The van der Waals surface area contributed by atoms with Gasteiger partial charge >= 0.3 is 0 Å². The highest BCUT2D eigenvalue weighted by Gasteiger charge is 2.40. The molecule has 3 fully saturated rings. The fraction of sp³-hybridized carbons (Fsp3) is 0.625. The second-order valence-electron chi connectivity index (χ2n) is 19.0. The van der Waals surface area contributed by atoms with Gasteiger partial charge in [-0.05, 0) is 103 Å². The second-order valence-corrected chi connectivity index (χ2v) is 19.7. The number of rotatable bonds is 14. The number of carbonyl (C=O) groups excluding carboxylic acids is 10. The van der Waals surface area contributed by atoms with E-state index < -0.39 is 120 Å². The van der Waals surface area contributed by atoms with E-state index in [1.54, 1.807) is 6.20 Å². The standard InChI is InChI=1S/C48H72N12O11S2/c1-58(2)20-8-6-14-31-44(67)56-34(23-28-24-51-30-12-4-3-11-29(28)30)45(68)57-35(26-72)42(65)50-19-7-5-13-32(54-47(70)38-16-10-21-59(38)40(63)25-61)43(66)55-33(48(71)60-22-9-15-37(60)41(49)64)17-18-39(62)52-36(27-73)46(69)53-31/h3-4,11-12,24,31-38,51,61,72-73H,5-10,13-23,25-27H2,1-2H3,(H2,49,64)(H,50,65)(H,52,62)(H,53,69)(H,54,70)(H,55,66)(H,56,67)(H,57,68)/t31-,32-,33-,34-,35-,36-,37-,38-/m0/s1. The molecule has 0 aliphatic carbocycles. The Labute approximate surface area is 435 Å². The highest BCUT2D eigenvalue weighted by molar-refractivity contribution is 7.80. The summed E-state index contributed by atoms with van der Waals surface area (Å²) in [6, 6.07) is -2.21. The fourth-order valence-electron chi connectivity index (χ4n) is 9.35. The van der Waals surface area contributed by atoms with Crippen molar-refractivity contribution >= 4 is 95.2 Å². The van der Waals surface area contributed by atoms with Gasteiger partial charge in [0.05, 0.1) is 0 Å². The molecule has 0 spiro atoms. The van der Waals surface area contributed by atoms with Crippen molar-refractivity contribution in [2.45, 2.75) is 132 Å². The van der Waals surface area contributed by atoms with E-state index >= 15 is 0 Å². The second kappa shape index (κ2) is 28.5. The van der Waals surface area contributed by atoms with Crippen LogP contribution in [0.2, 0.25) is 0 Å². The number of aromatic amines is 1. The van der Waals surface area contributed by atoms with Gasteiger partial charge in [0.15, 0.2) is 0 Å². The predicted molar refractivity (Wildman–Crippen MR) is 276 cm³/mol. The number of H-pyrrole nitrogens is 1. The summed E-state index contributed by atoms with van der Waals surface area (Å²) in [7, 11) is 3.80. The van der Waals surface area contributed by atoms with Gasteiger partial charge in [0.1, 0.15) is 54.9 Å². The smallest absolute Gasteiger partial charge is 0.248 e. The number of amides is 10. The lowest BCUT2D eigenvalue weighted by atomic mass is 10.0. The van der Waals surface area contributed by atoms with Crippen LogP contribution in [0.25, 0.3) is 10.9 Å². The molecule has 0 saturated carbocycles. The summed E-state index contributed by atoms with van der Waals surface area (Å²) in [6.45, 7) is 0.269. The van der Waals surface area contributed by atoms with Crippen LogP contribution in [0.4, 0.5) is 0 Å². The fourth-order valence-corrected chi connectivity index (χ4v) is 9.87. The van der Waals surface area contributed by atoms with Crippen LogP contribution in [0.1, 0.15) is 82.6 Å². The molecule has 23 nitrogen and oxygen atoms in total. The zero-order chi connectivity index (χ0) is 53.2. The molecule has 0 bridgehead atoms. The van der Waals surface area contributed by atoms with Gasteiger partial charge in [-0.15, -0.1) is 0 Å². The minimum absolute atomic E-state index is 0.00857. The first-order valence-corrected chi connectivity index (χ1v) is 26.2. The van der Waals surface area contributed by atoms with Crippen molar-refractivity contribution in [1.29, 1.82) is 0 Å². The molecule has 402 valence electrons. The number of unbranched alkanes of at least 4 members (excludes halogenated alkanes) is 1. The zero-order valence-corrected chi connectivity index (χ0v) is 43.3. The van der Waals surface area contributed by atoms with Crippen LogP contribution in [-0.4, -0.2) is 191 Å². The first-order valence-electron chi connectivity index (χ1n) is 25.0. The molecule has 3 aliphatic heterocycles. The average Bonchev–Trinajstić information content (AvgIpc) is 4.16. The molecule has 3 aliphatic rings. The number of aromatic nitrogens is 1. The molecule has 10 amide bonds. The number of hydrogen-bond donors (Lipinski definition) is 12. The third kappa shape index (κ3) is 16.5. The molecule has 2 aromatic rings. The van der Waals surface area contributed by atoms with E-state index in [1.807, 2.05) is 43.3 Å². The first kappa shape index (κ1) is 58.0. The zero-order valence-electron chi connectivity index (χ0n) is 41.5. The predicted octanol–water partition coefficient (Wildman–Crippen LogP) is -2.25. The lowest BCUT2D eigenvalue weighted by Gasteiger charge is -2.30. The summed E-state index contributed by atoms with van der Waals surface area (Å²) in [6.07, 6.45) is 4.17. The van der Waals surface area contributed by atoms with Gasteiger partial charge in [0.2, 0.25) is 59.1 Å². The first-order chi connectivity index (χ1) is 34.9. The van der Waals surface area contributed by atoms with Crippen molar-refractivity contribution < 1.29 is 53.1 Å². The molecule has 5 rings (SSSR count). The maximum absolute atomic E-state index is 14.4. The normalized spacial score (nSPS) is 25.7. The number of aliphatic hydroxyl groups excluding tert-OH is 1. The number of carbonyl (C=O) groups is 10. The Hall–Kier alpha value is -5.92. The molecule has 0 radical (unpaired) electrons. The largest absolute Gasteiger partial charge is 0.387 e. The van der Waals surface area contributed by atoms with Crippen molar-refractivity contribution in [2.24, 2.45) is 5.73 Å². The van der Waals surface area contributed by atoms with Crippen molar-refractivity contribution in [1.82, 2.24) is 56.9 Å². The third-order valence-electron chi connectivity index (χ3n) is 13.4. The van der Waals surface area contributed by atoms with E-state index in [0.29, 0.717) is 37.8 Å². The summed E-state index contributed by atoms with van der Waals surface area (Å²) < 4.78 is 0. The number of thiol groups is 2. The number of nitrogens with two attached hydrogens (primary N) is 1. The Balaban J connectivity index is 1.46. The van der Waals surface area contributed by atoms with Gasteiger partial charge in [-0.3, -0.25) is 47.9 Å². The van der Waals surface area contributed by atoms with Crippen molar-refractivity contribution in [3.05, 3.63) is 36.0 Å². The summed E-state index contributed by atoms with van der Waals surface area (Å²) >= 11 is 8.69. The van der Waals surface area contributed by atoms with Gasteiger partial charge in [0.25, 0.3) is 0 Å². The monoisotopic (exact) mass is 1060 g/mol. The van der Waals surface area contributed by atoms with E-state index in [-0.39, 0.29) is 82.5 Å². The Morgan fingerprint density at radius 2 is 1.38 bits per heavy atom.